The van der Waals surface area contributed by atoms with Gasteiger partial charge in [0.2, 0.25) is 12.6 Å². The van der Waals surface area contributed by atoms with E-state index < -0.39 is 0 Å². The van der Waals surface area contributed by atoms with Crippen molar-refractivity contribution in [3.8, 4) is 40.1 Å². The highest BCUT2D eigenvalue weighted by Gasteiger charge is 2.17. The van der Waals surface area contributed by atoms with Crippen molar-refractivity contribution in [2.75, 3.05) is 13.4 Å². The van der Waals surface area contributed by atoms with E-state index >= 15 is 0 Å². The van der Waals surface area contributed by atoms with Crippen LogP contribution in [0.4, 0.5) is 0 Å². The maximum atomic E-state index is 5.49. The Hall–Kier alpha value is -3.02. The topological polar surface area (TPSA) is 66.6 Å². The van der Waals surface area contributed by atoms with E-state index in [-0.39, 0.29) is 6.79 Å². The fraction of sp³-hybridized carbons (Fsp3) is 0.176. The van der Waals surface area contributed by atoms with E-state index in [0.717, 1.165) is 22.6 Å². The molecule has 1 aliphatic heterocycles. The van der Waals surface area contributed by atoms with E-state index in [9.17, 15) is 0 Å². The standard InChI is InChI=1S/C17H14N2O4/c1-2-20-13-5-3-4-11(8-13)16-18-17(23-19-16)12-6-7-14-15(9-12)22-10-21-14/h3-9H,2,10H2,1H3. The van der Waals surface area contributed by atoms with Gasteiger partial charge in [-0.2, -0.15) is 4.98 Å². The summed E-state index contributed by atoms with van der Waals surface area (Å²) in [6.45, 7) is 2.79. The zero-order chi connectivity index (χ0) is 15.6. The number of ether oxygens (including phenoxy) is 3. The van der Waals surface area contributed by atoms with E-state index in [0.29, 0.717) is 24.1 Å². The minimum absolute atomic E-state index is 0.234. The summed E-state index contributed by atoms with van der Waals surface area (Å²) < 4.78 is 21.5. The van der Waals surface area contributed by atoms with Gasteiger partial charge in [-0.25, -0.2) is 0 Å². The molecule has 116 valence electrons. The predicted octanol–water partition coefficient (Wildman–Crippen LogP) is 3.53. The smallest absolute Gasteiger partial charge is 0.258 e. The van der Waals surface area contributed by atoms with Crippen LogP contribution in [0.15, 0.2) is 47.0 Å². The molecule has 0 bridgehead atoms. The van der Waals surface area contributed by atoms with Crippen LogP contribution in [0.2, 0.25) is 0 Å². The molecular formula is C17H14N2O4. The van der Waals surface area contributed by atoms with Gasteiger partial charge >= 0.3 is 0 Å². The first-order chi connectivity index (χ1) is 11.3. The van der Waals surface area contributed by atoms with Gasteiger partial charge in [0.05, 0.1) is 6.61 Å². The molecule has 2 aromatic carbocycles. The van der Waals surface area contributed by atoms with Gasteiger partial charge in [-0.3, -0.25) is 0 Å². The second-order valence-electron chi connectivity index (χ2n) is 4.95. The van der Waals surface area contributed by atoms with Crippen molar-refractivity contribution in [1.82, 2.24) is 10.1 Å². The van der Waals surface area contributed by atoms with Gasteiger partial charge in [0.1, 0.15) is 5.75 Å². The quantitative estimate of drug-likeness (QED) is 0.734. The first-order valence-electron chi connectivity index (χ1n) is 7.30. The summed E-state index contributed by atoms with van der Waals surface area (Å²) >= 11 is 0. The summed E-state index contributed by atoms with van der Waals surface area (Å²) in [5, 5.41) is 4.04. The van der Waals surface area contributed by atoms with Crippen molar-refractivity contribution in [2.45, 2.75) is 6.92 Å². The fourth-order valence-corrected chi connectivity index (χ4v) is 2.38. The van der Waals surface area contributed by atoms with Crippen molar-refractivity contribution in [1.29, 1.82) is 0 Å². The van der Waals surface area contributed by atoms with Crippen LogP contribution in [0.3, 0.4) is 0 Å². The van der Waals surface area contributed by atoms with Crippen LogP contribution < -0.4 is 14.2 Å². The summed E-state index contributed by atoms with van der Waals surface area (Å²) in [5.74, 6) is 3.12. The van der Waals surface area contributed by atoms with Crippen LogP contribution in [0.1, 0.15) is 6.92 Å². The number of hydrogen-bond acceptors (Lipinski definition) is 6. The van der Waals surface area contributed by atoms with Crippen LogP contribution in [-0.2, 0) is 0 Å². The molecule has 1 aliphatic rings. The summed E-state index contributed by atoms with van der Waals surface area (Å²) in [6.07, 6.45) is 0. The van der Waals surface area contributed by atoms with Crippen molar-refractivity contribution in [2.24, 2.45) is 0 Å². The van der Waals surface area contributed by atoms with Gasteiger partial charge in [0.25, 0.3) is 5.89 Å². The van der Waals surface area contributed by atoms with E-state index in [2.05, 4.69) is 10.1 Å². The number of fused-ring (bicyclic) bond motifs is 1. The van der Waals surface area contributed by atoms with Gasteiger partial charge in [0, 0.05) is 11.1 Å². The molecule has 23 heavy (non-hydrogen) atoms. The molecule has 2 heterocycles. The fourth-order valence-electron chi connectivity index (χ4n) is 2.38. The molecule has 0 radical (unpaired) electrons. The molecule has 6 nitrogen and oxygen atoms in total. The minimum Gasteiger partial charge on any atom is -0.494 e. The molecule has 0 amide bonds. The average Bonchev–Trinajstić information content (AvgIpc) is 3.24. The summed E-state index contributed by atoms with van der Waals surface area (Å²) in [7, 11) is 0. The number of benzene rings is 2. The maximum Gasteiger partial charge on any atom is 0.258 e. The molecule has 1 aromatic heterocycles. The second-order valence-corrected chi connectivity index (χ2v) is 4.95. The van der Waals surface area contributed by atoms with Crippen molar-refractivity contribution < 1.29 is 18.7 Å². The third kappa shape index (κ3) is 2.59. The van der Waals surface area contributed by atoms with Crippen LogP contribution in [0.25, 0.3) is 22.8 Å². The van der Waals surface area contributed by atoms with Crippen molar-refractivity contribution in [3.63, 3.8) is 0 Å². The summed E-state index contributed by atoms with van der Waals surface area (Å²) in [4.78, 5) is 4.45. The monoisotopic (exact) mass is 310 g/mol. The highest BCUT2D eigenvalue weighted by Crippen LogP contribution is 2.35. The normalized spacial score (nSPS) is 12.4. The van der Waals surface area contributed by atoms with Crippen LogP contribution in [0, 0.1) is 0 Å². The molecule has 0 N–H and O–H groups in total. The molecule has 0 saturated carbocycles. The van der Waals surface area contributed by atoms with Gasteiger partial charge in [-0.1, -0.05) is 17.3 Å². The van der Waals surface area contributed by atoms with Crippen molar-refractivity contribution >= 4 is 0 Å². The molecule has 0 aliphatic carbocycles. The zero-order valence-electron chi connectivity index (χ0n) is 12.5. The molecule has 0 spiro atoms. The first kappa shape index (κ1) is 13.6. The van der Waals surface area contributed by atoms with Crippen LogP contribution in [-0.4, -0.2) is 23.5 Å². The third-order valence-electron chi connectivity index (χ3n) is 3.45. The Morgan fingerprint density at radius 1 is 1.04 bits per heavy atom. The van der Waals surface area contributed by atoms with E-state index in [1.807, 2.05) is 49.4 Å². The average molecular weight is 310 g/mol. The van der Waals surface area contributed by atoms with Crippen LogP contribution in [0.5, 0.6) is 17.2 Å². The van der Waals surface area contributed by atoms with Gasteiger partial charge < -0.3 is 18.7 Å². The Morgan fingerprint density at radius 3 is 2.87 bits per heavy atom. The molecule has 4 rings (SSSR count). The Bertz CT molecular complexity index is 844. The largest absolute Gasteiger partial charge is 0.494 e. The Morgan fingerprint density at radius 2 is 1.96 bits per heavy atom. The SMILES string of the molecule is CCOc1cccc(-c2noc(-c3ccc4c(c3)OCO4)n2)c1. The third-order valence-corrected chi connectivity index (χ3v) is 3.45. The highest BCUT2D eigenvalue weighted by atomic mass is 16.7. The predicted molar refractivity (Wildman–Crippen MR) is 82.5 cm³/mol. The first-order valence-corrected chi connectivity index (χ1v) is 7.30. The lowest BCUT2D eigenvalue weighted by atomic mass is 10.2. The summed E-state index contributed by atoms with van der Waals surface area (Å²) in [5.41, 5.74) is 1.63. The van der Waals surface area contributed by atoms with Gasteiger partial charge in [-0.05, 0) is 37.3 Å². The van der Waals surface area contributed by atoms with Crippen molar-refractivity contribution in [3.05, 3.63) is 42.5 Å². The number of aromatic nitrogens is 2. The lowest BCUT2D eigenvalue weighted by Crippen LogP contribution is -1.92. The molecule has 0 unspecified atom stereocenters. The van der Waals surface area contributed by atoms with E-state index in [1.165, 1.54) is 0 Å². The molecule has 0 atom stereocenters. The Labute approximate surface area is 132 Å². The second kappa shape index (κ2) is 5.64. The summed E-state index contributed by atoms with van der Waals surface area (Å²) in [6, 6.07) is 13.1. The Kier molecular flexibility index (Phi) is 3.34. The van der Waals surface area contributed by atoms with Gasteiger partial charge in [-0.15, -0.1) is 0 Å². The van der Waals surface area contributed by atoms with Gasteiger partial charge in [0.15, 0.2) is 11.5 Å². The molecule has 0 fully saturated rings. The van der Waals surface area contributed by atoms with E-state index in [1.54, 1.807) is 0 Å². The zero-order valence-corrected chi connectivity index (χ0v) is 12.5. The number of hydrogen-bond donors (Lipinski definition) is 0. The van der Waals surface area contributed by atoms with E-state index in [4.69, 9.17) is 18.7 Å². The van der Waals surface area contributed by atoms with Crippen LogP contribution >= 0.6 is 0 Å². The molecule has 0 saturated heterocycles. The molecule has 3 aromatic rings. The molecular weight excluding hydrogens is 296 g/mol. The lowest BCUT2D eigenvalue weighted by Gasteiger charge is -2.03. The Balaban J connectivity index is 1.65. The number of rotatable bonds is 4. The molecule has 6 heteroatoms. The minimum atomic E-state index is 0.234. The lowest BCUT2D eigenvalue weighted by molar-refractivity contribution is 0.174. The number of nitrogens with zero attached hydrogens (tertiary/aromatic N) is 2. The maximum absolute atomic E-state index is 5.49. The highest BCUT2D eigenvalue weighted by molar-refractivity contribution is 5.64.